The van der Waals surface area contributed by atoms with Crippen molar-refractivity contribution in [3.63, 3.8) is 0 Å². The summed E-state index contributed by atoms with van der Waals surface area (Å²) in [5, 5.41) is 10.9. The van der Waals surface area contributed by atoms with E-state index in [9.17, 15) is 5.11 Å². The first-order chi connectivity index (χ1) is 9.08. The molecule has 0 bridgehead atoms. The first kappa shape index (κ1) is 15.3. The smallest absolute Gasteiger partial charge is 0.0816 e. The molecule has 0 aromatic heterocycles. The van der Waals surface area contributed by atoms with Crippen LogP contribution >= 0.6 is 27.5 Å². The van der Waals surface area contributed by atoms with Crippen LogP contribution in [0.25, 0.3) is 0 Å². The van der Waals surface area contributed by atoms with Crippen LogP contribution in [0, 0.1) is 0 Å². The van der Waals surface area contributed by atoms with Crippen molar-refractivity contribution < 1.29 is 5.11 Å². The van der Waals surface area contributed by atoms with E-state index < -0.39 is 6.10 Å². The topological polar surface area (TPSA) is 23.5 Å². The third-order valence-corrected chi connectivity index (χ3v) is 4.85. The Morgan fingerprint density at radius 3 is 2.74 bits per heavy atom. The van der Waals surface area contributed by atoms with Gasteiger partial charge in [0.1, 0.15) is 0 Å². The van der Waals surface area contributed by atoms with Gasteiger partial charge in [0.05, 0.1) is 6.10 Å². The van der Waals surface area contributed by atoms with Crippen molar-refractivity contribution in [2.24, 2.45) is 0 Å². The van der Waals surface area contributed by atoms with Crippen LogP contribution in [-0.4, -0.2) is 29.6 Å². The zero-order valence-corrected chi connectivity index (χ0v) is 13.6. The van der Waals surface area contributed by atoms with Gasteiger partial charge in [0, 0.05) is 22.1 Å². The number of hydrogen-bond donors (Lipinski definition) is 1. The van der Waals surface area contributed by atoms with Crippen LogP contribution in [0.4, 0.5) is 0 Å². The molecule has 4 heteroatoms. The average molecular weight is 347 g/mol. The van der Waals surface area contributed by atoms with E-state index in [1.165, 1.54) is 25.7 Å². The van der Waals surface area contributed by atoms with Gasteiger partial charge in [0.2, 0.25) is 0 Å². The minimum atomic E-state index is -0.482. The molecule has 1 N–H and O–H groups in total. The maximum atomic E-state index is 10.3. The maximum Gasteiger partial charge on any atom is 0.0816 e. The summed E-state index contributed by atoms with van der Waals surface area (Å²) in [6.07, 6.45) is 5.53. The normalized spacial score (nSPS) is 18.2. The lowest BCUT2D eigenvalue weighted by Crippen LogP contribution is -2.30. The highest BCUT2D eigenvalue weighted by Gasteiger charge is 2.20. The quantitative estimate of drug-likeness (QED) is 0.854. The van der Waals surface area contributed by atoms with Gasteiger partial charge in [-0.05, 0) is 44.0 Å². The molecule has 0 radical (unpaired) electrons. The lowest BCUT2D eigenvalue weighted by Gasteiger charge is -2.25. The Morgan fingerprint density at radius 2 is 2.11 bits per heavy atom. The van der Waals surface area contributed by atoms with Crippen molar-refractivity contribution in [1.29, 1.82) is 0 Å². The third kappa shape index (κ3) is 4.19. The molecule has 0 heterocycles. The van der Waals surface area contributed by atoms with Crippen LogP contribution in [0.1, 0.15) is 43.8 Å². The second-order valence-corrected chi connectivity index (χ2v) is 6.71. The summed E-state index contributed by atoms with van der Waals surface area (Å²) >= 11 is 9.54. The predicted octanol–water partition coefficient (Wildman–Crippen LogP) is 4.40. The number of aliphatic hydroxyl groups excluding tert-OH is 1. The van der Waals surface area contributed by atoms with Gasteiger partial charge < -0.3 is 10.0 Å². The second kappa shape index (κ2) is 7.07. The van der Waals surface area contributed by atoms with Crippen LogP contribution in [-0.2, 0) is 0 Å². The van der Waals surface area contributed by atoms with Crippen molar-refractivity contribution in [2.75, 3.05) is 13.6 Å². The molecule has 1 saturated carbocycles. The van der Waals surface area contributed by atoms with Crippen LogP contribution in [0.15, 0.2) is 22.7 Å². The summed E-state index contributed by atoms with van der Waals surface area (Å²) in [5.74, 6) is 0. The van der Waals surface area contributed by atoms with Crippen molar-refractivity contribution in [3.8, 4) is 0 Å². The number of rotatable bonds is 5. The fourth-order valence-electron chi connectivity index (χ4n) is 2.78. The summed E-state index contributed by atoms with van der Waals surface area (Å²) in [6.45, 7) is 0.915. The highest BCUT2D eigenvalue weighted by atomic mass is 79.9. The maximum absolute atomic E-state index is 10.3. The molecule has 106 valence electrons. The third-order valence-electron chi connectivity index (χ3n) is 4.02. The molecule has 1 unspecified atom stereocenters. The van der Waals surface area contributed by atoms with E-state index in [-0.39, 0.29) is 0 Å². The zero-order chi connectivity index (χ0) is 13.8. The van der Waals surface area contributed by atoms with Gasteiger partial charge in [-0.2, -0.15) is 0 Å². The molecule has 2 nitrogen and oxygen atoms in total. The Hall–Kier alpha value is -0.0900. The lowest BCUT2D eigenvalue weighted by atomic mass is 10.1. The molecule has 19 heavy (non-hydrogen) atoms. The van der Waals surface area contributed by atoms with Crippen LogP contribution in [0.3, 0.4) is 0 Å². The van der Waals surface area contributed by atoms with E-state index in [4.69, 9.17) is 11.6 Å². The number of benzene rings is 1. The van der Waals surface area contributed by atoms with Gasteiger partial charge in [-0.15, -0.1) is 0 Å². The fraction of sp³-hybridized carbons (Fsp3) is 0.600. The minimum Gasteiger partial charge on any atom is -0.388 e. The Bertz CT molecular complexity index is 421. The number of hydrogen-bond acceptors (Lipinski definition) is 2. The average Bonchev–Trinajstić information content (AvgIpc) is 2.89. The number of nitrogens with zero attached hydrogens (tertiary/aromatic N) is 1. The summed E-state index contributed by atoms with van der Waals surface area (Å²) in [4.78, 5) is 2.38. The molecule has 0 amide bonds. The van der Waals surface area contributed by atoms with E-state index in [1.54, 1.807) is 0 Å². The largest absolute Gasteiger partial charge is 0.388 e. The number of aliphatic hydroxyl groups is 1. The summed E-state index contributed by atoms with van der Waals surface area (Å²) < 4.78 is 0.941. The Balaban J connectivity index is 1.88. The molecular formula is C15H21BrClNO. The Morgan fingerprint density at radius 1 is 1.42 bits per heavy atom. The van der Waals surface area contributed by atoms with Gasteiger partial charge in [-0.3, -0.25) is 0 Å². The monoisotopic (exact) mass is 345 g/mol. The van der Waals surface area contributed by atoms with Gasteiger partial charge in [0.25, 0.3) is 0 Å². The standard InChI is InChI=1S/C15H21BrClNO/c1-18(12-4-2-3-5-12)9-8-15(19)13-7-6-11(16)10-14(13)17/h6-7,10,12,15,19H,2-5,8-9H2,1H3. The number of halogens is 2. The Kier molecular flexibility index (Phi) is 5.70. The van der Waals surface area contributed by atoms with Gasteiger partial charge in [-0.25, -0.2) is 0 Å². The molecule has 0 saturated heterocycles. The molecule has 1 aliphatic carbocycles. The van der Waals surface area contributed by atoms with E-state index in [2.05, 4.69) is 27.9 Å². The second-order valence-electron chi connectivity index (χ2n) is 5.39. The zero-order valence-electron chi connectivity index (χ0n) is 11.3. The summed E-state index contributed by atoms with van der Waals surface area (Å²) in [5.41, 5.74) is 0.824. The minimum absolute atomic E-state index is 0.482. The highest BCUT2D eigenvalue weighted by molar-refractivity contribution is 9.10. The van der Waals surface area contributed by atoms with Crippen molar-refractivity contribution >= 4 is 27.5 Å². The molecule has 1 aromatic rings. The molecule has 0 spiro atoms. The first-order valence-electron chi connectivity index (χ1n) is 6.91. The lowest BCUT2D eigenvalue weighted by molar-refractivity contribution is 0.137. The summed E-state index contributed by atoms with van der Waals surface area (Å²) in [6, 6.07) is 6.35. The van der Waals surface area contributed by atoms with E-state index in [0.29, 0.717) is 11.1 Å². The van der Waals surface area contributed by atoms with Crippen LogP contribution in [0.2, 0.25) is 5.02 Å². The van der Waals surface area contributed by atoms with Crippen molar-refractivity contribution in [2.45, 2.75) is 44.2 Å². The fourth-order valence-corrected chi connectivity index (χ4v) is 3.58. The molecular weight excluding hydrogens is 326 g/mol. The summed E-state index contributed by atoms with van der Waals surface area (Å²) in [7, 11) is 2.16. The van der Waals surface area contributed by atoms with Crippen LogP contribution < -0.4 is 0 Å². The molecule has 1 aliphatic rings. The molecule has 1 atom stereocenters. The molecule has 1 fully saturated rings. The van der Waals surface area contributed by atoms with Crippen molar-refractivity contribution in [3.05, 3.63) is 33.3 Å². The molecule has 1 aromatic carbocycles. The predicted molar refractivity (Wildman–Crippen MR) is 83.6 cm³/mol. The van der Waals surface area contributed by atoms with Crippen molar-refractivity contribution in [1.82, 2.24) is 4.90 Å². The first-order valence-corrected chi connectivity index (χ1v) is 8.08. The Labute approximate surface area is 128 Å². The van der Waals surface area contributed by atoms with E-state index >= 15 is 0 Å². The van der Waals surface area contributed by atoms with Gasteiger partial charge in [-0.1, -0.05) is 46.4 Å². The molecule has 2 rings (SSSR count). The highest BCUT2D eigenvalue weighted by Crippen LogP contribution is 2.29. The van der Waals surface area contributed by atoms with E-state index in [0.717, 1.165) is 23.0 Å². The van der Waals surface area contributed by atoms with E-state index in [1.807, 2.05) is 18.2 Å². The van der Waals surface area contributed by atoms with Gasteiger partial charge >= 0.3 is 0 Å². The SMILES string of the molecule is CN(CCC(O)c1ccc(Br)cc1Cl)C1CCCC1. The van der Waals surface area contributed by atoms with Crippen LogP contribution in [0.5, 0.6) is 0 Å². The van der Waals surface area contributed by atoms with Gasteiger partial charge in [0.15, 0.2) is 0 Å². The molecule has 0 aliphatic heterocycles.